The second-order valence-electron chi connectivity index (χ2n) is 7.51. The van der Waals surface area contributed by atoms with E-state index in [1.54, 1.807) is 18.2 Å². The third kappa shape index (κ3) is 3.48. The summed E-state index contributed by atoms with van der Waals surface area (Å²) in [4.78, 5) is 50.9. The van der Waals surface area contributed by atoms with Crippen molar-refractivity contribution in [3.63, 3.8) is 0 Å². The van der Waals surface area contributed by atoms with Gasteiger partial charge < -0.3 is 10.1 Å². The first kappa shape index (κ1) is 20.1. The Morgan fingerprint density at radius 2 is 1.86 bits per heavy atom. The van der Waals surface area contributed by atoms with E-state index < -0.39 is 24.5 Å². The molecule has 1 N–H and O–H groups in total. The van der Waals surface area contributed by atoms with Gasteiger partial charge in [-0.15, -0.1) is 0 Å². The Bertz CT molecular complexity index is 919. The van der Waals surface area contributed by atoms with Gasteiger partial charge in [-0.25, -0.2) is 4.79 Å². The van der Waals surface area contributed by atoms with Crippen LogP contribution in [-0.2, 0) is 23.9 Å². The minimum Gasteiger partial charge on any atom is -0.454 e. The summed E-state index contributed by atoms with van der Waals surface area (Å²) < 4.78 is 5.72. The number of nitrogens with one attached hydrogen (secondary N) is 1. The van der Waals surface area contributed by atoms with E-state index in [4.69, 9.17) is 16.3 Å². The summed E-state index contributed by atoms with van der Waals surface area (Å²) >= 11 is 9.23. The molecule has 0 unspecified atom stereocenters. The number of benzene rings is 1. The molecule has 1 aromatic rings. The number of likely N-dealkylation sites (tertiary alicyclic amines) is 1. The second-order valence-corrected chi connectivity index (χ2v) is 8.77. The number of rotatable bonds is 5. The molecular formula is C20H18BrClN2O5. The Morgan fingerprint density at radius 3 is 2.45 bits per heavy atom. The minimum absolute atomic E-state index is 0.0678. The third-order valence-electron chi connectivity index (χ3n) is 5.78. The molecule has 1 aromatic carbocycles. The number of fused-ring (bicyclic) bond motifs is 5. The Morgan fingerprint density at radius 1 is 1.24 bits per heavy atom. The largest absolute Gasteiger partial charge is 0.454 e. The average Bonchev–Trinajstić information content (AvgIpc) is 3.36. The van der Waals surface area contributed by atoms with Crippen molar-refractivity contribution in [3.05, 3.63) is 39.8 Å². The molecule has 2 bridgehead atoms. The molecule has 4 rings (SSSR count). The van der Waals surface area contributed by atoms with Crippen molar-refractivity contribution in [3.8, 4) is 0 Å². The van der Waals surface area contributed by atoms with Gasteiger partial charge in [0.1, 0.15) is 6.04 Å². The predicted octanol–water partition coefficient (Wildman–Crippen LogP) is 2.78. The quantitative estimate of drug-likeness (QED) is 0.397. The topological polar surface area (TPSA) is 92.8 Å². The van der Waals surface area contributed by atoms with E-state index in [0.29, 0.717) is 15.2 Å². The first-order valence-corrected chi connectivity index (χ1v) is 10.4. The van der Waals surface area contributed by atoms with Gasteiger partial charge in [0, 0.05) is 10.2 Å². The van der Waals surface area contributed by atoms with Crippen LogP contribution < -0.4 is 5.32 Å². The number of nitrogens with zero attached hydrogens (tertiary/aromatic N) is 1. The summed E-state index contributed by atoms with van der Waals surface area (Å²) in [6, 6.07) is 3.79. The summed E-state index contributed by atoms with van der Waals surface area (Å²) in [5, 5.41) is 2.99. The van der Waals surface area contributed by atoms with E-state index >= 15 is 0 Å². The van der Waals surface area contributed by atoms with E-state index in [1.807, 2.05) is 12.2 Å². The Hall–Kier alpha value is -2.19. The van der Waals surface area contributed by atoms with Crippen LogP contribution in [0.3, 0.4) is 0 Å². The van der Waals surface area contributed by atoms with E-state index in [9.17, 15) is 19.2 Å². The van der Waals surface area contributed by atoms with Gasteiger partial charge in [0.15, 0.2) is 6.61 Å². The van der Waals surface area contributed by atoms with E-state index in [2.05, 4.69) is 21.2 Å². The zero-order valence-corrected chi connectivity index (χ0v) is 17.8. The van der Waals surface area contributed by atoms with E-state index in [1.165, 1.54) is 6.92 Å². The summed E-state index contributed by atoms with van der Waals surface area (Å²) in [6.07, 6.45) is 4.80. The molecule has 7 nitrogen and oxygen atoms in total. The molecule has 2 aliphatic carbocycles. The number of carbonyl (C=O) groups is 4. The number of anilines is 1. The monoisotopic (exact) mass is 480 g/mol. The molecule has 152 valence electrons. The van der Waals surface area contributed by atoms with E-state index in [-0.39, 0.29) is 35.5 Å². The fourth-order valence-corrected chi connectivity index (χ4v) is 4.87. The SMILES string of the molecule is C[C@@H](C(=O)OCC(=O)Nc1ccc(Br)c(Cl)c1)N1C(=O)[C@@H]2[C@H](C1=O)[C@H]1C=C[C@H]2C1. The lowest BCUT2D eigenvalue weighted by atomic mass is 9.85. The summed E-state index contributed by atoms with van der Waals surface area (Å²) in [6.45, 7) is 0.910. The van der Waals surface area contributed by atoms with Crippen LogP contribution in [0.25, 0.3) is 0 Å². The van der Waals surface area contributed by atoms with Crippen molar-refractivity contribution < 1.29 is 23.9 Å². The molecule has 0 aromatic heterocycles. The number of halogens is 2. The van der Waals surface area contributed by atoms with Crippen molar-refractivity contribution in [2.45, 2.75) is 19.4 Å². The normalized spacial score (nSPS) is 27.9. The van der Waals surface area contributed by atoms with Crippen LogP contribution in [0.2, 0.25) is 5.02 Å². The summed E-state index contributed by atoms with van der Waals surface area (Å²) in [5.41, 5.74) is 0.452. The first-order valence-electron chi connectivity index (χ1n) is 9.24. The number of carbonyl (C=O) groups excluding carboxylic acids is 4. The summed E-state index contributed by atoms with van der Waals surface area (Å²) in [5.74, 6) is -2.61. The van der Waals surface area contributed by atoms with Gasteiger partial charge >= 0.3 is 5.97 Å². The van der Waals surface area contributed by atoms with Gasteiger partial charge in [-0.2, -0.15) is 0 Å². The fourth-order valence-electron chi connectivity index (χ4n) is 4.44. The highest BCUT2D eigenvalue weighted by Crippen LogP contribution is 2.52. The van der Waals surface area contributed by atoms with Gasteiger partial charge in [0.2, 0.25) is 11.8 Å². The molecule has 3 aliphatic rings. The molecule has 3 amide bonds. The van der Waals surface area contributed by atoms with Crippen molar-refractivity contribution in [2.24, 2.45) is 23.7 Å². The number of hydrogen-bond donors (Lipinski definition) is 1. The lowest BCUT2D eigenvalue weighted by Gasteiger charge is -2.23. The van der Waals surface area contributed by atoms with Crippen LogP contribution in [0.5, 0.6) is 0 Å². The zero-order chi connectivity index (χ0) is 20.9. The number of imide groups is 1. The van der Waals surface area contributed by atoms with Crippen LogP contribution in [0, 0.1) is 23.7 Å². The van der Waals surface area contributed by atoms with Crippen LogP contribution in [-0.4, -0.2) is 41.2 Å². The van der Waals surface area contributed by atoms with Gasteiger partial charge in [-0.3, -0.25) is 19.3 Å². The summed E-state index contributed by atoms with van der Waals surface area (Å²) in [7, 11) is 0. The van der Waals surface area contributed by atoms with Crippen molar-refractivity contribution >= 4 is 56.9 Å². The van der Waals surface area contributed by atoms with Gasteiger partial charge in [-0.1, -0.05) is 23.8 Å². The highest BCUT2D eigenvalue weighted by atomic mass is 79.9. The standard InChI is InChI=1S/C20H18BrClN2O5/c1-9(24-18(26)16-10-2-3-11(6-10)17(16)19(24)27)20(28)29-8-15(25)23-12-4-5-13(21)14(22)7-12/h2-5,7,9-11,16-17H,6,8H2,1H3,(H,23,25)/t9-,10-,11-,16-,17+/m0/s1. The van der Waals surface area contributed by atoms with Crippen molar-refractivity contribution in [1.29, 1.82) is 0 Å². The maximum Gasteiger partial charge on any atom is 0.329 e. The lowest BCUT2D eigenvalue weighted by Crippen LogP contribution is -2.45. The van der Waals surface area contributed by atoms with Crippen molar-refractivity contribution in [1.82, 2.24) is 4.90 Å². The Balaban J connectivity index is 1.34. The number of hydrogen-bond acceptors (Lipinski definition) is 5. The minimum atomic E-state index is -1.07. The number of esters is 1. The van der Waals surface area contributed by atoms with Crippen LogP contribution in [0.4, 0.5) is 5.69 Å². The molecule has 29 heavy (non-hydrogen) atoms. The molecule has 2 fully saturated rings. The Labute approximate surface area is 180 Å². The predicted molar refractivity (Wildman–Crippen MR) is 108 cm³/mol. The first-order chi connectivity index (χ1) is 13.8. The molecule has 1 heterocycles. The fraction of sp³-hybridized carbons (Fsp3) is 0.400. The van der Waals surface area contributed by atoms with Gasteiger partial charge in [0.25, 0.3) is 5.91 Å². The molecular weight excluding hydrogens is 464 g/mol. The van der Waals surface area contributed by atoms with Crippen molar-refractivity contribution in [2.75, 3.05) is 11.9 Å². The molecule has 0 spiro atoms. The lowest BCUT2D eigenvalue weighted by molar-refractivity contribution is -0.159. The van der Waals surface area contributed by atoms with Gasteiger partial charge in [0.05, 0.1) is 16.9 Å². The molecule has 5 atom stereocenters. The molecule has 1 saturated carbocycles. The number of ether oxygens (including phenoxy) is 1. The second kappa shape index (κ2) is 7.57. The van der Waals surface area contributed by atoms with Crippen LogP contribution in [0.15, 0.2) is 34.8 Å². The highest BCUT2D eigenvalue weighted by molar-refractivity contribution is 9.10. The third-order valence-corrected chi connectivity index (χ3v) is 7.01. The zero-order valence-electron chi connectivity index (χ0n) is 15.4. The number of allylic oxidation sites excluding steroid dienone is 2. The molecule has 1 saturated heterocycles. The van der Waals surface area contributed by atoms with Crippen LogP contribution in [0.1, 0.15) is 13.3 Å². The van der Waals surface area contributed by atoms with E-state index in [0.717, 1.165) is 11.3 Å². The Kier molecular flexibility index (Phi) is 5.25. The molecule has 1 aliphatic heterocycles. The smallest absolute Gasteiger partial charge is 0.329 e. The maximum atomic E-state index is 12.7. The number of amides is 3. The molecule has 0 radical (unpaired) electrons. The average molecular weight is 482 g/mol. The maximum absolute atomic E-state index is 12.7. The van der Waals surface area contributed by atoms with Crippen LogP contribution >= 0.6 is 27.5 Å². The van der Waals surface area contributed by atoms with Gasteiger partial charge in [-0.05, 0) is 59.3 Å². The highest BCUT2D eigenvalue weighted by Gasteiger charge is 2.60. The molecule has 9 heteroatoms.